The van der Waals surface area contributed by atoms with Gasteiger partial charge in [0, 0.05) is 0 Å². The standard InChI is InChI=1S/C30H41GeN/c1-22-21-32-27(20-26(22)23-15-12-11-13-16-23)24-17-14-18-25(19-24)31(28(2,3)4,29(5,6)7)30(8,9)10/h11-21H,1-10H3/i1D3. The molecule has 3 aromatic rings. The van der Waals surface area contributed by atoms with E-state index in [0.29, 0.717) is 0 Å². The summed E-state index contributed by atoms with van der Waals surface area (Å²) in [7, 11) is 0. The van der Waals surface area contributed by atoms with Crippen LogP contribution in [0.5, 0.6) is 0 Å². The van der Waals surface area contributed by atoms with Crippen molar-refractivity contribution in [2.45, 2.75) is 81.9 Å². The molecule has 2 aromatic carbocycles. The SMILES string of the molecule is [2H]C([2H])([2H])c1cnc(-c2ccc[c]([Ge]([C](C)(C)C)([C](C)(C)C)[C](C)(C)C)c2)cc1-c1ccccc1. The minimum atomic E-state index is -2.89. The fourth-order valence-electron chi connectivity index (χ4n) is 7.06. The average molecular weight is 491 g/mol. The summed E-state index contributed by atoms with van der Waals surface area (Å²) in [5.74, 6) is 0. The number of nitrogens with zero attached hydrogens (tertiary/aromatic N) is 1. The summed E-state index contributed by atoms with van der Waals surface area (Å²) in [6.45, 7) is 19.6. The first-order chi connectivity index (χ1) is 15.9. The van der Waals surface area contributed by atoms with E-state index in [-0.39, 0.29) is 18.3 Å². The summed E-state index contributed by atoms with van der Waals surface area (Å²) in [6, 6.07) is 20.7. The second-order valence-electron chi connectivity index (χ2n) is 12.1. The van der Waals surface area contributed by atoms with Gasteiger partial charge in [0.25, 0.3) is 0 Å². The topological polar surface area (TPSA) is 12.9 Å². The van der Waals surface area contributed by atoms with E-state index in [0.717, 1.165) is 22.4 Å². The van der Waals surface area contributed by atoms with Crippen molar-refractivity contribution in [3.63, 3.8) is 0 Å². The number of pyridine rings is 1. The normalized spacial score (nSPS) is 15.1. The zero-order valence-electron chi connectivity index (χ0n) is 24.3. The summed E-state index contributed by atoms with van der Waals surface area (Å²) in [6.07, 6.45) is 1.54. The number of hydrogen-bond acceptors (Lipinski definition) is 1. The Labute approximate surface area is 203 Å². The molecule has 0 unspecified atom stereocenters. The fraction of sp³-hybridized carbons (Fsp3) is 0.433. The number of benzene rings is 2. The molecule has 1 heterocycles. The van der Waals surface area contributed by atoms with Gasteiger partial charge < -0.3 is 0 Å². The van der Waals surface area contributed by atoms with Gasteiger partial charge in [-0.25, -0.2) is 0 Å². The summed E-state index contributed by atoms with van der Waals surface area (Å²) in [5.41, 5.74) is 3.76. The van der Waals surface area contributed by atoms with Crippen LogP contribution in [0.15, 0.2) is 66.9 Å². The van der Waals surface area contributed by atoms with Crippen molar-refractivity contribution in [3.8, 4) is 22.4 Å². The molecule has 0 N–H and O–H groups in total. The Morgan fingerprint density at radius 1 is 0.688 bits per heavy atom. The Kier molecular flexibility index (Phi) is 5.49. The van der Waals surface area contributed by atoms with Gasteiger partial charge in [-0.05, 0) is 0 Å². The molecule has 2 heteroatoms. The predicted molar refractivity (Wildman–Crippen MR) is 144 cm³/mol. The monoisotopic (exact) mass is 492 g/mol. The molecule has 0 aliphatic rings. The molecule has 0 spiro atoms. The second kappa shape index (κ2) is 8.48. The first-order valence-corrected chi connectivity index (χ1v) is 15.8. The summed E-state index contributed by atoms with van der Waals surface area (Å²) in [4.78, 5) is 4.67. The van der Waals surface area contributed by atoms with E-state index in [9.17, 15) is 0 Å². The first-order valence-electron chi connectivity index (χ1n) is 13.1. The number of rotatable bonds is 3. The van der Waals surface area contributed by atoms with Gasteiger partial charge in [0.1, 0.15) is 0 Å². The molecule has 0 aliphatic carbocycles. The van der Waals surface area contributed by atoms with Crippen LogP contribution < -0.4 is 4.40 Å². The number of hydrogen-bond donors (Lipinski definition) is 0. The molecule has 0 aliphatic heterocycles. The molecule has 0 saturated heterocycles. The maximum absolute atomic E-state index is 8.06. The molecule has 0 bridgehead atoms. The molecule has 0 amide bonds. The van der Waals surface area contributed by atoms with Crippen LogP contribution in [0, 0.1) is 6.85 Å². The summed E-state index contributed by atoms with van der Waals surface area (Å²) < 4.78 is 26.2. The minimum absolute atomic E-state index is 0.170. The van der Waals surface area contributed by atoms with Crippen LogP contribution in [0.25, 0.3) is 22.4 Å². The van der Waals surface area contributed by atoms with E-state index in [1.807, 2.05) is 36.4 Å². The molecular formula is C30H41GeN. The van der Waals surface area contributed by atoms with Crippen LogP contribution >= 0.6 is 0 Å². The molecule has 0 atom stereocenters. The maximum atomic E-state index is 8.06. The van der Waals surface area contributed by atoms with Gasteiger partial charge in [-0.15, -0.1) is 0 Å². The van der Waals surface area contributed by atoms with Gasteiger partial charge in [0.05, 0.1) is 0 Å². The van der Waals surface area contributed by atoms with Gasteiger partial charge in [-0.2, -0.15) is 0 Å². The fourth-order valence-corrected chi connectivity index (χ4v) is 28.2. The first kappa shape index (κ1) is 20.7. The van der Waals surface area contributed by atoms with E-state index >= 15 is 0 Å². The van der Waals surface area contributed by atoms with Gasteiger partial charge in [0.15, 0.2) is 0 Å². The van der Waals surface area contributed by atoms with Gasteiger partial charge in [-0.1, -0.05) is 0 Å². The average Bonchev–Trinajstić information content (AvgIpc) is 2.70. The molecule has 3 rings (SSSR count). The zero-order valence-corrected chi connectivity index (χ0v) is 23.4. The van der Waals surface area contributed by atoms with Crippen LogP contribution in [0.1, 0.15) is 72.0 Å². The molecule has 32 heavy (non-hydrogen) atoms. The van der Waals surface area contributed by atoms with E-state index in [1.165, 1.54) is 4.40 Å². The quantitative estimate of drug-likeness (QED) is 0.334. The van der Waals surface area contributed by atoms with Crippen LogP contribution in [-0.2, 0) is 0 Å². The van der Waals surface area contributed by atoms with Crippen LogP contribution in [0.2, 0.25) is 12.7 Å². The van der Waals surface area contributed by atoms with Crippen LogP contribution in [-0.4, -0.2) is 18.3 Å². The molecule has 1 nitrogen and oxygen atoms in total. The zero-order chi connectivity index (χ0) is 26.4. The Morgan fingerprint density at radius 2 is 1.25 bits per heavy atom. The predicted octanol–water partition coefficient (Wildman–Crippen LogP) is 8.78. The van der Waals surface area contributed by atoms with Crippen molar-refractivity contribution in [1.82, 2.24) is 4.98 Å². The van der Waals surface area contributed by atoms with Crippen molar-refractivity contribution in [2.24, 2.45) is 0 Å². The van der Waals surface area contributed by atoms with E-state index in [1.54, 1.807) is 6.20 Å². The molecule has 0 fully saturated rings. The van der Waals surface area contributed by atoms with Crippen molar-refractivity contribution in [3.05, 3.63) is 72.4 Å². The van der Waals surface area contributed by atoms with Crippen molar-refractivity contribution < 1.29 is 4.11 Å². The second-order valence-corrected chi connectivity index (χ2v) is 25.9. The van der Waals surface area contributed by atoms with E-state index in [2.05, 4.69) is 91.6 Å². The third-order valence-corrected chi connectivity index (χ3v) is 23.6. The third-order valence-electron chi connectivity index (χ3n) is 6.96. The van der Waals surface area contributed by atoms with Crippen molar-refractivity contribution in [2.75, 3.05) is 0 Å². The van der Waals surface area contributed by atoms with E-state index < -0.39 is 20.1 Å². The van der Waals surface area contributed by atoms with Crippen molar-refractivity contribution >= 4 is 17.7 Å². The number of aryl methyl sites for hydroxylation is 1. The molecule has 170 valence electrons. The molecule has 1 aromatic heterocycles. The van der Waals surface area contributed by atoms with Gasteiger partial charge in [0.2, 0.25) is 0 Å². The number of aromatic nitrogens is 1. The summed E-state index contributed by atoms with van der Waals surface area (Å²) >= 11 is -2.89. The van der Waals surface area contributed by atoms with E-state index in [4.69, 9.17) is 4.11 Å². The molecular weight excluding hydrogens is 447 g/mol. The van der Waals surface area contributed by atoms with Gasteiger partial charge >= 0.3 is 203 Å². The Morgan fingerprint density at radius 3 is 1.78 bits per heavy atom. The Bertz CT molecular complexity index is 1140. The van der Waals surface area contributed by atoms with Crippen LogP contribution in [0.3, 0.4) is 0 Å². The third kappa shape index (κ3) is 4.21. The van der Waals surface area contributed by atoms with Gasteiger partial charge in [-0.3, -0.25) is 0 Å². The summed E-state index contributed by atoms with van der Waals surface area (Å²) in [5, 5.41) is 0. The molecule has 0 radical (unpaired) electrons. The Hall–Kier alpha value is -1.87. The van der Waals surface area contributed by atoms with Crippen LogP contribution in [0.4, 0.5) is 0 Å². The molecule has 0 saturated carbocycles. The van der Waals surface area contributed by atoms with Crippen molar-refractivity contribution in [1.29, 1.82) is 0 Å². The Balaban J connectivity index is 2.30.